The van der Waals surface area contributed by atoms with Crippen LogP contribution in [0.1, 0.15) is 25.7 Å². The first kappa shape index (κ1) is 13.8. The molecule has 0 amide bonds. The van der Waals surface area contributed by atoms with Crippen LogP contribution >= 0.6 is 15.9 Å². The van der Waals surface area contributed by atoms with E-state index in [1.54, 1.807) is 4.68 Å². The number of aromatic nitrogens is 2. The monoisotopic (exact) mass is 352 g/mol. The van der Waals surface area contributed by atoms with E-state index in [1.807, 2.05) is 6.20 Å². The maximum atomic E-state index is 12.4. The number of nitrogens with one attached hydrogen (secondary N) is 1. The van der Waals surface area contributed by atoms with E-state index in [1.165, 1.54) is 38.8 Å². The Morgan fingerprint density at radius 2 is 2.05 bits per heavy atom. The minimum atomic E-state index is -0.00632. The summed E-state index contributed by atoms with van der Waals surface area (Å²) in [6.45, 7) is 4.30. The van der Waals surface area contributed by atoms with E-state index in [0.717, 1.165) is 24.7 Å². The van der Waals surface area contributed by atoms with Gasteiger partial charge in [0.25, 0.3) is 5.56 Å². The van der Waals surface area contributed by atoms with Crippen molar-refractivity contribution in [2.45, 2.75) is 38.3 Å². The minimum Gasteiger partial charge on any atom is -0.378 e. The van der Waals surface area contributed by atoms with E-state index in [-0.39, 0.29) is 5.56 Å². The summed E-state index contributed by atoms with van der Waals surface area (Å²) in [5.74, 6) is 1.39. The summed E-state index contributed by atoms with van der Waals surface area (Å²) in [6, 6.07) is 0.448. The van der Waals surface area contributed by atoms with Gasteiger partial charge >= 0.3 is 0 Å². The molecule has 21 heavy (non-hydrogen) atoms. The highest BCUT2D eigenvalue weighted by Gasteiger charge is 2.34. The first-order valence-corrected chi connectivity index (χ1v) is 8.74. The third kappa shape index (κ3) is 2.75. The molecule has 0 spiro atoms. The first-order valence-electron chi connectivity index (χ1n) is 7.95. The van der Waals surface area contributed by atoms with Gasteiger partial charge in [0.05, 0.1) is 11.9 Å². The number of hydrogen-bond acceptors (Lipinski definition) is 4. The Labute approximate surface area is 132 Å². The molecule has 0 radical (unpaired) electrons. The fraction of sp³-hybridized carbons (Fsp3) is 0.733. The van der Waals surface area contributed by atoms with Crippen molar-refractivity contribution in [2.75, 3.05) is 25.0 Å². The van der Waals surface area contributed by atoms with Crippen LogP contribution in [0.3, 0.4) is 0 Å². The Hall–Kier alpha value is -0.880. The Kier molecular flexibility index (Phi) is 3.53. The van der Waals surface area contributed by atoms with E-state index < -0.39 is 0 Å². The van der Waals surface area contributed by atoms with Gasteiger partial charge in [0.2, 0.25) is 0 Å². The average molecular weight is 353 g/mol. The predicted molar refractivity (Wildman–Crippen MR) is 85.5 cm³/mol. The Morgan fingerprint density at radius 1 is 1.29 bits per heavy atom. The van der Waals surface area contributed by atoms with Gasteiger partial charge < -0.3 is 10.2 Å². The van der Waals surface area contributed by atoms with Crippen molar-refractivity contribution < 1.29 is 0 Å². The van der Waals surface area contributed by atoms with E-state index in [0.29, 0.717) is 16.4 Å². The third-order valence-electron chi connectivity index (χ3n) is 5.11. The zero-order valence-corrected chi connectivity index (χ0v) is 13.7. The van der Waals surface area contributed by atoms with Crippen LogP contribution in [0.15, 0.2) is 15.5 Å². The van der Waals surface area contributed by atoms with Crippen molar-refractivity contribution in [2.24, 2.45) is 11.8 Å². The number of rotatable bonds is 4. The zero-order chi connectivity index (χ0) is 14.4. The first-order chi connectivity index (χ1) is 10.2. The fourth-order valence-electron chi connectivity index (χ4n) is 3.57. The van der Waals surface area contributed by atoms with Gasteiger partial charge in [-0.05, 0) is 66.5 Å². The molecule has 1 aliphatic carbocycles. The van der Waals surface area contributed by atoms with E-state index in [2.05, 4.69) is 31.2 Å². The molecule has 5 nitrogen and oxygen atoms in total. The van der Waals surface area contributed by atoms with Gasteiger partial charge in [-0.25, -0.2) is 4.68 Å². The van der Waals surface area contributed by atoms with Gasteiger partial charge in [0.1, 0.15) is 4.47 Å². The average Bonchev–Trinajstić information content (AvgIpc) is 3.32. The number of nitrogens with zero attached hydrogens (tertiary/aromatic N) is 3. The summed E-state index contributed by atoms with van der Waals surface area (Å²) in [6.07, 6.45) is 6.80. The summed E-state index contributed by atoms with van der Waals surface area (Å²) in [5.41, 5.74) is 0.846. The van der Waals surface area contributed by atoms with Crippen molar-refractivity contribution in [1.82, 2.24) is 14.7 Å². The van der Waals surface area contributed by atoms with Crippen LogP contribution < -0.4 is 10.9 Å². The third-order valence-corrected chi connectivity index (χ3v) is 5.88. The molecule has 1 atom stereocenters. The van der Waals surface area contributed by atoms with Gasteiger partial charge in [-0.2, -0.15) is 5.10 Å². The molecule has 114 valence electrons. The van der Waals surface area contributed by atoms with Crippen LogP contribution in [0.5, 0.6) is 0 Å². The summed E-state index contributed by atoms with van der Waals surface area (Å²) in [4.78, 5) is 14.9. The zero-order valence-electron chi connectivity index (χ0n) is 12.1. The van der Waals surface area contributed by atoms with Crippen molar-refractivity contribution in [1.29, 1.82) is 0 Å². The number of halogens is 1. The lowest BCUT2D eigenvalue weighted by atomic mass is 9.84. The Morgan fingerprint density at radius 3 is 2.67 bits per heavy atom. The lowest BCUT2D eigenvalue weighted by Crippen LogP contribution is -2.53. The van der Waals surface area contributed by atoms with Gasteiger partial charge in [-0.15, -0.1) is 0 Å². The van der Waals surface area contributed by atoms with Crippen LogP contribution in [-0.4, -0.2) is 40.4 Å². The molecule has 3 aliphatic heterocycles. The highest BCUT2D eigenvalue weighted by Crippen LogP contribution is 2.32. The minimum absolute atomic E-state index is 0.00632. The molecule has 4 fully saturated rings. The molecule has 1 unspecified atom stereocenters. The molecular formula is C15H21BrN4O. The van der Waals surface area contributed by atoms with Crippen molar-refractivity contribution in [3.05, 3.63) is 21.0 Å². The van der Waals surface area contributed by atoms with Crippen molar-refractivity contribution in [3.63, 3.8) is 0 Å². The molecule has 1 aromatic rings. The molecule has 1 aromatic heterocycles. The topological polar surface area (TPSA) is 50.2 Å². The fourth-order valence-corrected chi connectivity index (χ4v) is 3.99. The predicted octanol–water partition coefficient (Wildman–Crippen LogP) is 1.92. The highest BCUT2D eigenvalue weighted by atomic mass is 79.9. The molecule has 3 saturated heterocycles. The molecule has 4 aliphatic rings. The normalized spacial score (nSPS) is 31.4. The number of fused-ring (bicyclic) bond motifs is 3. The molecule has 1 N–H and O–H groups in total. The second-order valence-corrected chi connectivity index (χ2v) is 7.48. The van der Waals surface area contributed by atoms with Crippen LogP contribution in [0.4, 0.5) is 5.69 Å². The van der Waals surface area contributed by atoms with Crippen LogP contribution in [-0.2, 0) is 6.54 Å². The standard InChI is InChI=1S/C15H21BrN4O/c16-14-12(7-17-20(15(14)21)8-10-1-2-10)18-13-9-19-5-3-11(13)4-6-19/h7,10-11,13,18H,1-6,8-9H2. The lowest BCUT2D eigenvalue weighted by molar-refractivity contribution is 0.0975. The van der Waals surface area contributed by atoms with E-state index in [9.17, 15) is 4.79 Å². The van der Waals surface area contributed by atoms with Gasteiger partial charge in [0.15, 0.2) is 0 Å². The van der Waals surface area contributed by atoms with Gasteiger partial charge in [-0.1, -0.05) is 0 Å². The summed E-state index contributed by atoms with van der Waals surface area (Å²) >= 11 is 3.47. The molecule has 2 bridgehead atoms. The molecule has 1 saturated carbocycles. The second-order valence-electron chi connectivity index (χ2n) is 6.69. The molecule has 6 heteroatoms. The molecular weight excluding hydrogens is 332 g/mol. The highest BCUT2D eigenvalue weighted by molar-refractivity contribution is 9.10. The second kappa shape index (κ2) is 5.39. The largest absolute Gasteiger partial charge is 0.378 e. The SMILES string of the molecule is O=c1c(Br)c(NC2CN3CCC2CC3)cnn1CC1CC1. The number of anilines is 1. The maximum Gasteiger partial charge on any atom is 0.283 e. The van der Waals surface area contributed by atoms with Crippen LogP contribution in [0.2, 0.25) is 0 Å². The van der Waals surface area contributed by atoms with Crippen LogP contribution in [0, 0.1) is 11.8 Å². The Balaban J connectivity index is 1.52. The van der Waals surface area contributed by atoms with Crippen molar-refractivity contribution in [3.8, 4) is 0 Å². The van der Waals surface area contributed by atoms with E-state index in [4.69, 9.17) is 0 Å². The molecule has 5 rings (SSSR count). The number of piperidine rings is 3. The van der Waals surface area contributed by atoms with Crippen molar-refractivity contribution >= 4 is 21.6 Å². The van der Waals surface area contributed by atoms with Gasteiger partial charge in [-0.3, -0.25) is 4.79 Å². The Bertz CT molecular complexity index is 590. The summed E-state index contributed by atoms with van der Waals surface area (Å²) < 4.78 is 2.23. The lowest BCUT2D eigenvalue weighted by Gasteiger charge is -2.45. The van der Waals surface area contributed by atoms with Gasteiger partial charge in [0, 0.05) is 19.1 Å². The molecule has 4 heterocycles. The van der Waals surface area contributed by atoms with E-state index >= 15 is 0 Å². The number of hydrogen-bond donors (Lipinski definition) is 1. The summed E-state index contributed by atoms with van der Waals surface area (Å²) in [7, 11) is 0. The summed E-state index contributed by atoms with van der Waals surface area (Å²) in [5, 5.41) is 7.90. The quantitative estimate of drug-likeness (QED) is 0.899. The maximum absolute atomic E-state index is 12.4. The molecule has 0 aromatic carbocycles. The smallest absolute Gasteiger partial charge is 0.283 e. The van der Waals surface area contributed by atoms with Crippen LogP contribution in [0.25, 0.3) is 0 Å².